The van der Waals surface area contributed by atoms with Crippen molar-refractivity contribution >= 4 is 49.5 Å². The van der Waals surface area contributed by atoms with Crippen molar-refractivity contribution in [1.29, 1.82) is 0 Å². The van der Waals surface area contributed by atoms with Gasteiger partial charge in [0.25, 0.3) is 5.91 Å². The van der Waals surface area contributed by atoms with Crippen molar-refractivity contribution in [2.45, 2.75) is 0 Å². The van der Waals surface area contributed by atoms with Gasteiger partial charge in [-0.15, -0.1) is 0 Å². The summed E-state index contributed by atoms with van der Waals surface area (Å²) in [6.07, 6.45) is 0. The highest BCUT2D eigenvalue weighted by Gasteiger charge is 2.15. The summed E-state index contributed by atoms with van der Waals surface area (Å²) in [6.45, 7) is 0. The van der Waals surface area contributed by atoms with Crippen LogP contribution in [0.1, 0.15) is 10.4 Å². The van der Waals surface area contributed by atoms with Gasteiger partial charge in [0.1, 0.15) is 5.82 Å². The molecule has 124 valence electrons. The monoisotopic (exact) mass is 400 g/mol. The van der Waals surface area contributed by atoms with Crippen molar-refractivity contribution in [3.05, 3.63) is 68.7 Å². The van der Waals surface area contributed by atoms with Crippen LogP contribution in [0.25, 0.3) is 21.8 Å². The molecule has 0 spiro atoms. The van der Waals surface area contributed by atoms with E-state index in [1.165, 1.54) is 24.3 Å². The molecule has 4 rings (SSSR count). The van der Waals surface area contributed by atoms with Crippen molar-refractivity contribution in [3.8, 4) is 0 Å². The van der Waals surface area contributed by atoms with Crippen LogP contribution in [0, 0.1) is 5.82 Å². The highest BCUT2D eigenvalue weighted by molar-refractivity contribution is 9.10. The second-order valence-electron chi connectivity index (χ2n) is 5.45. The summed E-state index contributed by atoms with van der Waals surface area (Å²) in [5, 5.41) is 10.5. The van der Waals surface area contributed by atoms with Gasteiger partial charge in [-0.2, -0.15) is 5.10 Å². The Morgan fingerprint density at radius 2 is 1.92 bits per heavy atom. The van der Waals surface area contributed by atoms with Gasteiger partial charge in [0, 0.05) is 26.8 Å². The predicted octanol–water partition coefficient (Wildman–Crippen LogP) is 3.56. The summed E-state index contributed by atoms with van der Waals surface area (Å²) >= 11 is 3.36. The number of pyridine rings is 1. The molecular weight excluding hydrogens is 391 g/mol. The Morgan fingerprint density at radius 3 is 2.76 bits per heavy atom. The second kappa shape index (κ2) is 5.82. The summed E-state index contributed by atoms with van der Waals surface area (Å²) in [5.74, 6) is -0.616. The van der Waals surface area contributed by atoms with Gasteiger partial charge >= 0.3 is 0 Å². The highest BCUT2D eigenvalue weighted by Crippen LogP contribution is 2.24. The van der Waals surface area contributed by atoms with E-state index in [9.17, 15) is 14.0 Å². The molecule has 0 fully saturated rings. The molecule has 4 aromatic rings. The van der Waals surface area contributed by atoms with Crippen LogP contribution in [0.3, 0.4) is 0 Å². The molecule has 1 amide bonds. The van der Waals surface area contributed by atoms with Crippen LogP contribution in [0.15, 0.2) is 51.7 Å². The number of H-pyrrole nitrogens is 2. The van der Waals surface area contributed by atoms with Crippen LogP contribution in [0.4, 0.5) is 10.2 Å². The van der Waals surface area contributed by atoms with Gasteiger partial charge in [-0.1, -0.05) is 15.9 Å². The molecular formula is C17H10BrFN4O2. The number of amides is 1. The first kappa shape index (κ1) is 15.5. The van der Waals surface area contributed by atoms with Gasteiger partial charge in [0.15, 0.2) is 5.82 Å². The number of carbonyl (C=O) groups excluding carboxylic acids is 1. The average molecular weight is 401 g/mol. The molecule has 0 radical (unpaired) electrons. The number of aromatic amines is 2. The first-order valence-corrected chi connectivity index (χ1v) is 8.08. The summed E-state index contributed by atoms with van der Waals surface area (Å²) in [7, 11) is 0. The Labute approximate surface area is 148 Å². The van der Waals surface area contributed by atoms with E-state index >= 15 is 0 Å². The van der Waals surface area contributed by atoms with E-state index < -0.39 is 11.7 Å². The Kier molecular flexibility index (Phi) is 3.61. The molecule has 6 nitrogen and oxygen atoms in total. The minimum absolute atomic E-state index is 0.221. The number of hydrogen-bond donors (Lipinski definition) is 3. The molecule has 2 aromatic carbocycles. The van der Waals surface area contributed by atoms with Gasteiger partial charge in [-0.25, -0.2) is 4.39 Å². The fourth-order valence-corrected chi connectivity index (χ4v) is 3.04. The number of anilines is 1. The van der Waals surface area contributed by atoms with Crippen LogP contribution in [-0.2, 0) is 0 Å². The SMILES string of the molecule is O=C(Nc1n[nH]c2cc(F)ccc12)c1cc(=O)[nH]c2ccc(Br)cc12. The number of nitrogens with zero attached hydrogens (tertiary/aromatic N) is 1. The molecule has 3 N–H and O–H groups in total. The fourth-order valence-electron chi connectivity index (χ4n) is 2.68. The lowest BCUT2D eigenvalue weighted by atomic mass is 10.1. The number of rotatable bonds is 2. The lowest BCUT2D eigenvalue weighted by molar-refractivity contribution is 0.102. The third-order valence-corrected chi connectivity index (χ3v) is 4.30. The molecule has 8 heteroatoms. The zero-order chi connectivity index (χ0) is 17.6. The normalized spacial score (nSPS) is 11.1. The number of aromatic nitrogens is 3. The van der Waals surface area contributed by atoms with Crippen molar-refractivity contribution in [3.63, 3.8) is 0 Å². The molecule has 0 aliphatic heterocycles. The molecule has 2 heterocycles. The number of benzene rings is 2. The number of halogens is 2. The quantitative estimate of drug-likeness (QED) is 0.480. The first-order chi connectivity index (χ1) is 12.0. The van der Waals surface area contributed by atoms with Gasteiger partial charge in [-0.3, -0.25) is 14.7 Å². The molecule has 0 aliphatic carbocycles. The zero-order valence-corrected chi connectivity index (χ0v) is 14.1. The van der Waals surface area contributed by atoms with Gasteiger partial charge in [0.2, 0.25) is 5.56 Å². The maximum atomic E-state index is 13.3. The van der Waals surface area contributed by atoms with Crippen molar-refractivity contribution < 1.29 is 9.18 Å². The van der Waals surface area contributed by atoms with E-state index in [1.807, 2.05) is 0 Å². The van der Waals surface area contributed by atoms with E-state index in [0.717, 1.165) is 4.47 Å². The van der Waals surface area contributed by atoms with Crippen LogP contribution in [-0.4, -0.2) is 21.1 Å². The Hall–Kier alpha value is -3.00. The number of carbonyl (C=O) groups is 1. The van der Waals surface area contributed by atoms with E-state index in [1.54, 1.807) is 18.2 Å². The first-order valence-electron chi connectivity index (χ1n) is 7.29. The second-order valence-corrected chi connectivity index (χ2v) is 6.37. The third kappa shape index (κ3) is 2.80. The van der Waals surface area contributed by atoms with Gasteiger partial charge < -0.3 is 10.3 Å². The van der Waals surface area contributed by atoms with E-state index in [-0.39, 0.29) is 16.9 Å². The minimum atomic E-state index is -0.480. The highest BCUT2D eigenvalue weighted by atomic mass is 79.9. The largest absolute Gasteiger partial charge is 0.322 e. The number of fused-ring (bicyclic) bond motifs is 2. The predicted molar refractivity (Wildman–Crippen MR) is 96.3 cm³/mol. The molecule has 0 saturated heterocycles. The van der Waals surface area contributed by atoms with Crippen LogP contribution < -0.4 is 10.9 Å². The van der Waals surface area contributed by atoms with Crippen molar-refractivity contribution in [1.82, 2.24) is 15.2 Å². The zero-order valence-electron chi connectivity index (χ0n) is 12.6. The molecule has 0 atom stereocenters. The van der Waals surface area contributed by atoms with E-state index in [2.05, 4.69) is 36.4 Å². The lowest BCUT2D eigenvalue weighted by Crippen LogP contribution is -2.17. The van der Waals surface area contributed by atoms with Crippen LogP contribution in [0.2, 0.25) is 0 Å². The maximum Gasteiger partial charge on any atom is 0.257 e. The van der Waals surface area contributed by atoms with E-state index in [4.69, 9.17) is 0 Å². The molecule has 0 aliphatic rings. The number of hydrogen-bond acceptors (Lipinski definition) is 3. The minimum Gasteiger partial charge on any atom is -0.322 e. The molecule has 0 saturated carbocycles. The third-order valence-electron chi connectivity index (χ3n) is 3.81. The maximum absolute atomic E-state index is 13.3. The topological polar surface area (TPSA) is 90.6 Å². The van der Waals surface area contributed by atoms with Crippen LogP contribution >= 0.6 is 15.9 Å². The van der Waals surface area contributed by atoms with Gasteiger partial charge in [0.05, 0.1) is 11.1 Å². The Morgan fingerprint density at radius 1 is 1.08 bits per heavy atom. The summed E-state index contributed by atoms with van der Waals surface area (Å²) in [5.41, 5.74) is 0.857. The molecule has 0 bridgehead atoms. The standard InChI is InChI=1S/C17H10BrFN4O2/c18-8-1-4-13-11(5-8)12(7-15(24)20-13)17(25)21-16-10-3-2-9(19)6-14(10)22-23-16/h1-7H,(H,20,24)(H2,21,22,23,25). The van der Waals surface area contributed by atoms with Gasteiger partial charge in [-0.05, 0) is 36.4 Å². The molecule has 0 unspecified atom stereocenters. The molecule has 25 heavy (non-hydrogen) atoms. The van der Waals surface area contributed by atoms with Crippen LogP contribution in [0.5, 0.6) is 0 Å². The lowest BCUT2D eigenvalue weighted by Gasteiger charge is -2.07. The van der Waals surface area contributed by atoms with Crippen molar-refractivity contribution in [2.24, 2.45) is 0 Å². The summed E-state index contributed by atoms with van der Waals surface area (Å²) in [4.78, 5) is 27.2. The Balaban J connectivity index is 1.79. The molecule has 2 aromatic heterocycles. The van der Waals surface area contributed by atoms with E-state index in [0.29, 0.717) is 21.8 Å². The average Bonchev–Trinajstić information content (AvgIpc) is 2.96. The summed E-state index contributed by atoms with van der Waals surface area (Å²) < 4.78 is 14.0. The Bertz CT molecular complexity index is 1200. The fraction of sp³-hybridized carbons (Fsp3) is 0. The summed E-state index contributed by atoms with van der Waals surface area (Å²) in [6, 6.07) is 10.6. The van der Waals surface area contributed by atoms with Crippen molar-refractivity contribution in [2.75, 3.05) is 5.32 Å². The smallest absolute Gasteiger partial charge is 0.257 e. The number of nitrogens with one attached hydrogen (secondary N) is 3.